The lowest BCUT2D eigenvalue weighted by molar-refractivity contribution is -0.155. The van der Waals surface area contributed by atoms with E-state index in [0.29, 0.717) is 12.3 Å². The lowest BCUT2D eigenvalue weighted by Gasteiger charge is -2.37. The molecular weight excluding hydrogens is 308 g/mol. The van der Waals surface area contributed by atoms with Gasteiger partial charge in [0.15, 0.2) is 5.76 Å². The summed E-state index contributed by atoms with van der Waals surface area (Å²) in [4.78, 5) is 26.4. The lowest BCUT2D eigenvalue weighted by atomic mass is 9.75. The molecule has 6 nitrogen and oxygen atoms in total. The molecule has 132 valence electrons. The summed E-state index contributed by atoms with van der Waals surface area (Å²) in [7, 11) is 1.75. The SMILES string of the molecule is CC(C)c1cc(CN(C)C(=O)[C@@H]2CC(=O)OC23CCCCC3)on1. The zero-order chi connectivity index (χ0) is 17.3. The largest absolute Gasteiger partial charge is 0.458 e. The van der Waals surface area contributed by atoms with Crippen molar-refractivity contribution in [2.45, 2.75) is 70.4 Å². The number of esters is 1. The van der Waals surface area contributed by atoms with Gasteiger partial charge in [-0.3, -0.25) is 9.59 Å². The molecule has 0 bridgehead atoms. The number of rotatable bonds is 4. The molecule has 1 aromatic rings. The van der Waals surface area contributed by atoms with E-state index in [1.54, 1.807) is 11.9 Å². The summed E-state index contributed by atoms with van der Waals surface area (Å²) in [5.41, 5.74) is 0.305. The Morgan fingerprint density at radius 3 is 2.71 bits per heavy atom. The van der Waals surface area contributed by atoms with Gasteiger partial charge in [0, 0.05) is 13.1 Å². The Morgan fingerprint density at radius 1 is 1.38 bits per heavy atom. The molecule has 0 radical (unpaired) electrons. The molecule has 2 fully saturated rings. The van der Waals surface area contributed by atoms with Crippen LogP contribution in [0.25, 0.3) is 0 Å². The van der Waals surface area contributed by atoms with E-state index in [2.05, 4.69) is 5.16 Å². The van der Waals surface area contributed by atoms with Gasteiger partial charge in [-0.2, -0.15) is 0 Å². The van der Waals surface area contributed by atoms with E-state index in [-0.39, 0.29) is 30.1 Å². The smallest absolute Gasteiger partial charge is 0.307 e. The maximum Gasteiger partial charge on any atom is 0.307 e. The predicted molar refractivity (Wildman–Crippen MR) is 87.1 cm³/mol. The summed E-state index contributed by atoms with van der Waals surface area (Å²) in [6.45, 7) is 4.45. The van der Waals surface area contributed by atoms with Gasteiger partial charge in [0.2, 0.25) is 5.91 Å². The van der Waals surface area contributed by atoms with Crippen LogP contribution in [0.2, 0.25) is 0 Å². The quantitative estimate of drug-likeness (QED) is 0.791. The Balaban J connectivity index is 1.70. The minimum Gasteiger partial charge on any atom is -0.458 e. The van der Waals surface area contributed by atoms with Crippen molar-refractivity contribution in [3.8, 4) is 0 Å². The van der Waals surface area contributed by atoms with Crippen molar-refractivity contribution in [3.63, 3.8) is 0 Å². The number of nitrogens with zero attached hydrogens (tertiary/aromatic N) is 2. The molecule has 3 rings (SSSR count). The van der Waals surface area contributed by atoms with E-state index in [9.17, 15) is 9.59 Å². The molecule has 2 heterocycles. The van der Waals surface area contributed by atoms with Crippen LogP contribution in [0, 0.1) is 5.92 Å². The van der Waals surface area contributed by atoms with Gasteiger partial charge in [-0.05, 0) is 31.6 Å². The van der Waals surface area contributed by atoms with E-state index in [0.717, 1.165) is 37.8 Å². The van der Waals surface area contributed by atoms with Gasteiger partial charge in [0.25, 0.3) is 0 Å². The second kappa shape index (κ2) is 6.57. The van der Waals surface area contributed by atoms with Gasteiger partial charge in [-0.25, -0.2) is 0 Å². The molecule has 1 saturated heterocycles. The number of carbonyl (C=O) groups is 2. The van der Waals surface area contributed by atoms with Crippen LogP contribution in [-0.2, 0) is 20.9 Å². The van der Waals surface area contributed by atoms with Crippen molar-refractivity contribution in [2.75, 3.05) is 7.05 Å². The zero-order valence-electron chi connectivity index (χ0n) is 14.7. The Bertz CT molecular complexity index is 616. The van der Waals surface area contributed by atoms with Crippen LogP contribution in [0.5, 0.6) is 0 Å². The second-order valence-corrected chi connectivity index (χ2v) is 7.42. The fraction of sp³-hybridized carbons (Fsp3) is 0.722. The Morgan fingerprint density at radius 2 is 2.08 bits per heavy atom. The highest BCUT2D eigenvalue weighted by molar-refractivity contribution is 5.87. The van der Waals surface area contributed by atoms with E-state index >= 15 is 0 Å². The minimum atomic E-state index is -0.578. The third-order valence-corrected chi connectivity index (χ3v) is 5.26. The Labute approximate surface area is 142 Å². The maximum absolute atomic E-state index is 12.9. The van der Waals surface area contributed by atoms with Crippen LogP contribution in [0.4, 0.5) is 0 Å². The van der Waals surface area contributed by atoms with Crippen LogP contribution in [0.15, 0.2) is 10.6 Å². The number of hydrogen-bond acceptors (Lipinski definition) is 5. The zero-order valence-corrected chi connectivity index (χ0v) is 14.7. The summed E-state index contributed by atoms with van der Waals surface area (Å²) in [6, 6.07) is 1.89. The van der Waals surface area contributed by atoms with Gasteiger partial charge in [0.1, 0.15) is 5.60 Å². The van der Waals surface area contributed by atoms with E-state index in [4.69, 9.17) is 9.26 Å². The molecule has 0 N–H and O–H groups in total. The predicted octanol–water partition coefficient (Wildman–Crippen LogP) is 3.02. The molecule has 6 heteroatoms. The monoisotopic (exact) mass is 334 g/mol. The van der Waals surface area contributed by atoms with Crippen molar-refractivity contribution in [3.05, 3.63) is 17.5 Å². The second-order valence-electron chi connectivity index (χ2n) is 7.42. The highest BCUT2D eigenvalue weighted by Crippen LogP contribution is 2.44. The number of ether oxygens (including phenoxy) is 1. The standard InChI is InChI=1S/C18H26N2O4/c1-12(2)15-9-13(24-19-15)11-20(3)17(22)14-10-16(21)23-18(14)7-5-4-6-8-18/h9,12,14H,4-8,10-11H2,1-3H3/t14-/m0/s1. The molecule has 0 aromatic carbocycles. The normalized spacial score (nSPS) is 22.8. The van der Waals surface area contributed by atoms with Gasteiger partial charge in [-0.1, -0.05) is 25.4 Å². The van der Waals surface area contributed by atoms with Crippen molar-refractivity contribution in [2.24, 2.45) is 5.92 Å². The molecule has 1 aliphatic carbocycles. The summed E-state index contributed by atoms with van der Waals surface area (Å²) in [5, 5.41) is 4.03. The molecule has 0 unspecified atom stereocenters. The third-order valence-electron chi connectivity index (χ3n) is 5.26. The summed E-state index contributed by atoms with van der Waals surface area (Å²) in [6.07, 6.45) is 4.95. The van der Waals surface area contributed by atoms with E-state index in [1.807, 2.05) is 19.9 Å². The first-order valence-corrected chi connectivity index (χ1v) is 8.83. The first-order chi connectivity index (χ1) is 11.4. The minimum absolute atomic E-state index is 0.0368. The van der Waals surface area contributed by atoms with Gasteiger partial charge >= 0.3 is 5.97 Å². The molecule has 1 spiro atoms. The fourth-order valence-corrected chi connectivity index (χ4v) is 3.86. The van der Waals surface area contributed by atoms with Crippen LogP contribution in [-0.4, -0.2) is 34.6 Å². The van der Waals surface area contributed by atoms with Crippen LogP contribution < -0.4 is 0 Å². The van der Waals surface area contributed by atoms with Crippen molar-refractivity contribution in [1.82, 2.24) is 10.1 Å². The van der Waals surface area contributed by atoms with Gasteiger partial charge in [-0.15, -0.1) is 0 Å². The fourth-order valence-electron chi connectivity index (χ4n) is 3.86. The third kappa shape index (κ3) is 3.19. The molecule has 2 aliphatic rings. The molecule has 1 amide bonds. The molecular formula is C18H26N2O4. The summed E-state index contributed by atoms with van der Waals surface area (Å²) >= 11 is 0. The topological polar surface area (TPSA) is 72.6 Å². The number of aromatic nitrogens is 1. The number of carbonyl (C=O) groups excluding carboxylic acids is 2. The lowest BCUT2D eigenvalue weighted by Crippen LogP contribution is -2.46. The maximum atomic E-state index is 12.9. The summed E-state index contributed by atoms with van der Waals surface area (Å²) < 4.78 is 11.0. The van der Waals surface area contributed by atoms with Crippen LogP contribution in [0.3, 0.4) is 0 Å². The molecule has 1 atom stereocenters. The highest BCUT2D eigenvalue weighted by Gasteiger charge is 2.53. The van der Waals surface area contributed by atoms with Crippen molar-refractivity contribution in [1.29, 1.82) is 0 Å². The number of hydrogen-bond donors (Lipinski definition) is 0. The Kier molecular flexibility index (Phi) is 4.65. The van der Waals surface area contributed by atoms with Crippen LogP contribution in [0.1, 0.15) is 69.7 Å². The highest BCUT2D eigenvalue weighted by atomic mass is 16.6. The van der Waals surface area contributed by atoms with E-state index < -0.39 is 5.60 Å². The van der Waals surface area contributed by atoms with Gasteiger partial charge < -0.3 is 14.2 Å². The first-order valence-electron chi connectivity index (χ1n) is 8.83. The molecule has 1 aliphatic heterocycles. The van der Waals surface area contributed by atoms with E-state index in [1.165, 1.54) is 0 Å². The first kappa shape index (κ1) is 17.0. The summed E-state index contributed by atoms with van der Waals surface area (Å²) in [5.74, 6) is 0.297. The Hall–Kier alpha value is -1.85. The number of amides is 1. The average Bonchev–Trinajstić information content (AvgIpc) is 3.12. The molecule has 1 saturated carbocycles. The van der Waals surface area contributed by atoms with Gasteiger partial charge in [0.05, 0.1) is 24.6 Å². The van der Waals surface area contributed by atoms with Crippen molar-refractivity contribution >= 4 is 11.9 Å². The average molecular weight is 334 g/mol. The van der Waals surface area contributed by atoms with Crippen molar-refractivity contribution < 1.29 is 18.8 Å². The molecule has 1 aromatic heterocycles. The molecule has 24 heavy (non-hydrogen) atoms. The van der Waals surface area contributed by atoms with Crippen LogP contribution >= 0.6 is 0 Å².